The Kier molecular flexibility index (Phi) is 40.8. The number of halogens is 12. The van der Waals surface area contributed by atoms with Crippen LogP contribution in [0.3, 0.4) is 0 Å². The van der Waals surface area contributed by atoms with Gasteiger partial charge in [0.15, 0.2) is 25.3 Å². The summed E-state index contributed by atoms with van der Waals surface area (Å²) in [5, 5.41) is 21.5. The summed E-state index contributed by atoms with van der Waals surface area (Å²) in [5.41, 5.74) is 0. The summed E-state index contributed by atoms with van der Waals surface area (Å²) >= 11 is 0. The van der Waals surface area contributed by atoms with Crippen molar-refractivity contribution in [2.75, 3.05) is 0 Å². The predicted molar refractivity (Wildman–Crippen MR) is 58.0 cm³/mol. The van der Waals surface area contributed by atoms with E-state index >= 15 is 0 Å². The molecule has 0 aliphatic carbocycles. The van der Waals surface area contributed by atoms with Gasteiger partial charge in [0.2, 0.25) is 0 Å². The molecule has 3 nitrogen and oxygen atoms in total. The molecule has 0 radical (unpaired) electrons. The summed E-state index contributed by atoms with van der Waals surface area (Å²) in [7, 11) is -2.17. The van der Waals surface area contributed by atoms with Gasteiger partial charge in [-0.15, -0.1) is 0 Å². The fourth-order valence-corrected chi connectivity index (χ4v) is 0. The summed E-state index contributed by atoms with van der Waals surface area (Å²) in [6, 6.07) is 0. The lowest BCUT2D eigenvalue weighted by Gasteiger charge is -1.69. The van der Waals surface area contributed by atoms with Gasteiger partial charge in [-0.2, -0.15) is 35.1 Å². The minimum Gasteiger partial charge on any atom is -0.402 e. The van der Waals surface area contributed by atoms with Crippen LogP contribution in [0.4, 0.5) is 52.7 Å². The third-order valence-electron chi connectivity index (χ3n) is 0.330. The molecular weight excluding hydrogens is 383 g/mol. The smallest absolute Gasteiger partial charge is 0.402 e. The highest BCUT2D eigenvalue weighted by atomic mass is 19.3. The molecule has 0 amide bonds. The van der Waals surface area contributed by atoms with Gasteiger partial charge >= 0.3 is 7.32 Å². The van der Waals surface area contributed by atoms with Crippen molar-refractivity contribution in [3.8, 4) is 0 Å². The first-order chi connectivity index (χ1) is 10.8. The van der Waals surface area contributed by atoms with Crippen molar-refractivity contribution in [1.29, 1.82) is 0 Å². The maximum absolute atomic E-state index is 10.2. The normalized spacial score (nSPS) is 6.96. The van der Waals surface area contributed by atoms with E-state index in [0.717, 1.165) is 0 Å². The van der Waals surface area contributed by atoms with E-state index in [1.807, 2.05) is 0 Å². The molecule has 144 valence electrons. The minimum absolute atomic E-state index is 0.750. The van der Waals surface area contributed by atoms with Gasteiger partial charge in [-0.1, -0.05) is 0 Å². The number of hydrogen-bond donors (Lipinski definition) is 3. The van der Waals surface area contributed by atoms with Crippen LogP contribution in [-0.4, -0.2) is 22.4 Å². The lowest BCUT2D eigenvalue weighted by atomic mass is 10.3. The standard InChI is InChI=1S/4C2HF3.BH3O3/c4*3-1-2(4)5;2-1(3)4/h4*1H;2-4H. The quantitative estimate of drug-likeness (QED) is 0.415. The maximum atomic E-state index is 10.2. The average molecular weight is 390 g/mol. The minimum atomic E-state index is -2.29. The highest BCUT2D eigenvalue weighted by Gasteiger charge is 1.92. The van der Waals surface area contributed by atoms with Crippen molar-refractivity contribution in [2.24, 2.45) is 0 Å². The Bertz CT molecular complexity index is 289. The molecule has 0 unspecified atom stereocenters. The van der Waals surface area contributed by atoms with E-state index in [-0.39, 0.29) is 0 Å². The van der Waals surface area contributed by atoms with Gasteiger partial charge in [-0.3, -0.25) is 0 Å². The van der Waals surface area contributed by atoms with Crippen LogP contribution >= 0.6 is 0 Å². The molecule has 0 rings (SSSR count). The Hall–Kier alpha value is -1.94. The molecule has 0 atom stereocenters. The number of rotatable bonds is 0. The second-order valence-corrected chi connectivity index (χ2v) is 1.94. The Labute approximate surface area is 126 Å². The van der Waals surface area contributed by atoms with Gasteiger partial charge in [-0.05, 0) is 0 Å². The average Bonchev–Trinajstić information content (AvgIpc) is 2.48. The molecule has 0 fully saturated rings. The summed E-state index contributed by atoms with van der Waals surface area (Å²) in [5.74, 6) is 0. The summed E-state index contributed by atoms with van der Waals surface area (Å²) < 4.78 is 123. The molecule has 0 bridgehead atoms. The first-order valence-corrected chi connectivity index (χ1v) is 4.31. The summed E-state index contributed by atoms with van der Waals surface area (Å²) in [6.45, 7) is 0. The van der Waals surface area contributed by atoms with Crippen LogP contribution in [0.25, 0.3) is 0 Å². The van der Waals surface area contributed by atoms with Gasteiger partial charge < -0.3 is 15.1 Å². The monoisotopic (exact) mass is 390 g/mol. The van der Waals surface area contributed by atoms with Crippen LogP contribution in [0.1, 0.15) is 0 Å². The first kappa shape index (κ1) is 33.6. The zero-order chi connectivity index (χ0) is 20.7. The van der Waals surface area contributed by atoms with Crippen LogP contribution < -0.4 is 0 Å². The van der Waals surface area contributed by atoms with E-state index in [9.17, 15) is 52.7 Å². The van der Waals surface area contributed by atoms with Crippen molar-refractivity contribution in [3.05, 3.63) is 49.6 Å². The largest absolute Gasteiger partial charge is 0.631 e. The number of hydrogen-bond acceptors (Lipinski definition) is 3. The van der Waals surface area contributed by atoms with Crippen molar-refractivity contribution in [3.63, 3.8) is 0 Å². The van der Waals surface area contributed by atoms with Crippen molar-refractivity contribution in [1.82, 2.24) is 0 Å². The third kappa shape index (κ3) is 198. The molecular formula is C8H7BF12O3. The SMILES string of the molecule is FC=C(F)F.FC=C(F)F.FC=C(F)F.FC=C(F)F.OB(O)O. The Balaban J connectivity index is -0.0000000628. The molecule has 24 heavy (non-hydrogen) atoms. The fourth-order valence-electron chi connectivity index (χ4n) is 0. The third-order valence-corrected chi connectivity index (χ3v) is 0.330. The molecule has 0 aliphatic heterocycles. The lowest BCUT2D eigenvalue weighted by Crippen LogP contribution is -2.07. The van der Waals surface area contributed by atoms with Crippen molar-refractivity contribution in [2.45, 2.75) is 0 Å². The highest BCUT2D eigenvalue weighted by molar-refractivity contribution is 6.30. The molecule has 0 saturated heterocycles. The fraction of sp³-hybridized carbons (Fsp3) is 0. The van der Waals surface area contributed by atoms with E-state index in [1.165, 1.54) is 0 Å². The van der Waals surface area contributed by atoms with E-state index < -0.39 is 57.0 Å². The molecule has 0 aromatic heterocycles. The molecule has 0 aliphatic rings. The van der Waals surface area contributed by atoms with Gasteiger partial charge in [0.1, 0.15) is 0 Å². The molecule has 0 aromatic carbocycles. The van der Waals surface area contributed by atoms with E-state index in [2.05, 4.69) is 0 Å². The van der Waals surface area contributed by atoms with Crippen LogP contribution in [-0.2, 0) is 0 Å². The van der Waals surface area contributed by atoms with Crippen molar-refractivity contribution >= 4 is 7.32 Å². The highest BCUT2D eigenvalue weighted by Crippen LogP contribution is 1.95. The van der Waals surface area contributed by atoms with Crippen LogP contribution in [0.5, 0.6) is 0 Å². The summed E-state index contributed by atoms with van der Waals surface area (Å²) in [4.78, 5) is 0. The second-order valence-electron chi connectivity index (χ2n) is 1.94. The zero-order valence-corrected chi connectivity index (χ0v) is 10.8. The zero-order valence-electron chi connectivity index (χ0n) is 10.8. The van der Waals surface area contributed by atoms with Gasteiger partial charge in [0, 0.05) is 0 Å². The maximum Gasteiger partial charge on any atom is 0.631 e. The van der Waals surface area contributed by atoms with Crippen LogP contribution in [0.2, 0.25) is 0 Å². The Morgan fingerprint density at radius 1 is 0.458 bits per heavy atom. The predicted octanol–water partition coefficient (Wildman–Crippen LogP) is 4.72. The summed E-state index contributed by atoms with van der Waals surface area (Å²) in [6.07, 6.45) is -12.1. The molecule has 3 N–H and O–H groups in total. The Morgan fingerprint density at radius 3 is 0.500 bits per heavy atom. The molecule has 0 heterocycles. The molecule has 16 heteroatoms. The van der Waals surface area contributed by atoms with Crippen molar-refractivity contribution < 1.29 is 67.8 Å². The first-order valence-electron chi connectivity index (χ1n) is 4.31. The second kappa shape index (κ2) is 29.1. The topological polar surface area (TPSA) is 60.7 Å². The van der Waals surface area contributed by atoms with E-state index in [4.69, 9.17) is 15.1 Å². The molecule has 0 saturated carbocycles. The molecule has 0 spiro atoms. The molecule has 0 aromatic rings. The lowest BCUT2D eigenvalue weighted by molar-refractivity contribution is 0.278. The van der Waals surface area contributed by atoms with Gasteiger partial charge in [-0.25, -0.2) is 17.6 Å². The van der Waals surface area contributed by atoms with E-state index in [0.29, 0.717) is 0 Å². The van der Waals surface area contributed by atoms with Crippen LogP contribution in [0.15, 0.2) is 49.6 Å². The van der Waals surface area contributed by atoms with E-state index in [1.54, 1.807) is 0 Å². The van der Waals surface area contributed by atoms with Gasteiger partial charge in [0.05, 0.1) is 0 Å². The van der Waals surface area contributed by atoms with Crippen LogP contribution in [0, 0.1) is 0 Å². The Morgan fingerprint density at radius 2 is 0.500 bits per heavy atom. The van der Waals surface area contributed by atoms with Gasteiger partial charge in [0.25, 0.3) is 24.3 Å².